The Bertz CT molecular complexity index is 389. The van der Waals surface area contributed by atoms with Crippen LogP contribution in [-0.2, 0) is 4.79 Å². The second kappa shape index (κ2) is 7.79. The summed E-state index contributed by atoms with van der Waals surface area (Å²) < 4.78 is 0. The van der Waals surface area contributed by atoms with Gasteiger partial charge in [0, 0.05) is 30.4 Å². The van der Waals surface area contributed by atoms with E-state index in [1.165, 1.54) is 0 Å². The first-order valence-electron chi connectivity index (χ1n) is 6.96. The molecule has 4 nitrogen and oxygen atoms in total. The van der Waals surface area contributed by atoms with E-state index in [1.807, 2.05) is 12.1 Å². The number of hydrogen-bond donors (Lipinski definition) is 2. The molecule has 0 saturated carbocycles. The topological polar surface area (TPSA) is 58.4 Å². The fraction of sp³-hybridized carbons (Fsp3) is 0.533. The summed E-state index contributed by atoms with van der Waals surface area (Å²) in [6.45, 7) is 8.27. The third kappa shape index (κ3) is 5.30. The summed E-state index contributed by atoms with van der Waals surface area (Å²) in [6, 6.07) is 7.73. The van der Waals surface area contributed by atoms with E-state index >= 15 is 0 Å². The van der Waals surface area contributed by atoms with E-state index in [0.29, 0.717) is 18.2 Å². The monoisotopic (exact) mass is 263 g/mol. The molecule has 0 saturated heterocycles. The summed E-state index contributed by atoms with van der Waals surface area (Å²) in [7, 11) is 0. The molecule has 0 radical (unpaired) electrons. The van der Waals surface area contributed by atoms with Crippen molar-refractivity contribution in [2.24, 2.45) is 0 Å². The van der Waals surface area contributed by atoms with Crippen LogP contribution >= 0.6 is 0 Å². The minimum Gasteiger partial charge on any atom is -0.399 e. The summed E-state index contributed by atoms with van der Waals surface area (Å²) in [6.07, 6.45) is 1.62. The first kappa shape index (κ1) is 15.5. The standard InChI is InChI=1S/C15H25N3O/c1-4-12(3)18(5-2)11-10-15(19)17-14-8-6-13(16)7-9-14/h6-9,12H,4-5,10-11,16H2,1-3H3,(H,17,19). The van der Waals surface area contributed by atoms with Crippen LogP contribution < -0.4 is 11.1 Å². The van der Waals surface area contributed by atoms with Gasteiger partial charge in [0.25, 0.3) is 0 Å². The fourth-order valence-corrected chi connectivity index (χ4v) is 1.98. The van der Waals surface area contributed by atoms with Crippen LogP contribution in [0, 0.1) is 0 Å². The quantitative estimate of drug-likeness (QED) is 0.744. The molecule has 3 N–H and O–H groups in total. The number of nitrogen functional groups attached to an aromatic ring is 1. The van der Waals surface area contributed by atoms with Crippen molar-refractivity contribution in [3.63, 3.8) is 0 Å². The van der Waals surface area contributed by atoms with Gasteiger partial charge in [-0.2, -0.15) is 0 Å². The van der Waals surface area contributed by atoms with E-state index in [0.717, 1.165) is 25.2 Å². The Morgan fingerprint density at radius 2 is 1.95 bits per heavy atom. The van der Waals surface area contributed by atoms with Crippen molar-refractivity contribution < 1.29 is 4.79 Å². The minimum absolute atomic E-state index is 0.0477. The van der Waals surface area contributed by atoms with Crippen LogP contribution in [0.4, 0.5) is 11.4 Å². The summed E-state index contributed by atoms with van der Waals surface area (Å²) in [5.41, 5.74) is 7.10. The van der Waals surface area contributed by atoms with Gasteiger partial charge in [-0.25, -0.2) is 0 Å². The summed E-state index contributed by atoms with van der Waals surface area (Å²) in [5, 5.41) is 2.88. The van der Waals surface area contributed by atoms with Crippen molar-refractivity contribution in [1.82, 2.24) is 4.90 Å². The number of nitrogens with two attached hydrogens (primary N) is 1. The maximum atomic E-state index is 11.9. The number of anilines is 2. The maximum absolute atomic E-state index is 11.9. The van der Waals surface area contributed by atoms with Crippen LogP contribution in [0.15, 0.2) is 24.3 Å². The first-order valence-corrected chi connectivity index (χ1v) is 6.96. The number of nitrogens with zero attached hydrogens (tertiary/aromatic N) is 1. The molecule has 0 fully saturated rings. The highest BCUT2D eigenvalue weighted by Crippen LogP contribution is 2.11. The lowest BCUT2D eigenvalue weighted by molar-refractivity contribution is -0.116. The van der Waals surface area contributed by atoms with E-state index in [4.69, 9.17) is 5.73 Å². The molecule has 1 atom stereocenters. The van der Waals surface area contributed by atoms with Gasteiger partial charge in [0.2, 0.25) is 5.91 Å². The van der Waals surface area contributed by atoms with Gasteiger partial charge in [0.15, 0.2) is 0 Å². The Hall–Kier alpha value is -1.55. The van der Waals surface area contributed by atoms with E-state index < -0.39 is 0 Å². The van der Waals surface area contributed by atoms with E-state index in [9.17, 15) is 4.79 Å². The van der Waals surface area contributed by atoms with Crippen LogP contribution in [0.3, 0.4) is 0 Å². The fourth-order valence-electron chi connectivity index (χ4n) is 1.98. The average Bonchev–Trinajstić information content (AvgIpc) is 2.41. The molecule has 1 aromatic rings. The van der Waals surface area contributed by atoms with E-state index in [2.05, 4.69) is 31.0 Å². The van der Waals surface area contributed by atoms with Gasteiger partial charge in [-0.3, -0.25) is 4.79 Å². The van der Waals surface area contributed by atoms with Gasteiger partial charge >= 0.3 is 0 Å². The molecular formula is C15H25N3O. The number of amides is 1. The van der Waals surface area contributed by atoms with Crippen molar-refractivity contribution in [3.8, 4) is 0 Å². The zero-order valence-electron chi connectivity index (χ0n) is 12.1. The summed E-state index contributed by atoms with van der Waals surface area (Å²) in [5.74, 6) is 0.0477. The molecule has 0 heterocycles. The Morgan fingerprint density at radius 3 is 2.47 bits per heavy atom. The Kier molecular flexibility index (Phi) is 6.36. The molecule has 0 aliphatic carbocycles. The Balaban J connectivity index is 2.40. The molecule has 1 rings (SSSR count). The SMILES string of the molecule is CCC(C)N(CC)CCC(=O)Nc1ccc(N)cc1. The molecule has 0 spiro atoms. The number of carbonyl (C=O) groups excluding carboxylic acids is 1. The van der Waals surface area contributed by atoms with Gasteiger partial charge in [-0.1, -0.05) is 13.8 Å². The number of carbonyl (C=O) groups is 1. The van der Waals surface area contributed by atoms with E-state index in [-0.39, 0.29) is 5.91 Å². The highest BCUT2D eigenvalue weighted by molar-refractivity contribution is 5.90. The van der Waals surface area contributed by atoms with Crippen LogP contribution in [0.25, 0.3) is 0 Å². The third-order valence-electron chi connectivity index (χ3n) is 3.44. The van der Waals surface area contributed by atoms with Crippen molar-refractivity contribution in [2.45, 2.75) is 39.7 Å². The lowest BCUT2D eigenvalue weighted by Gasteiger charge is -2.26. The summed E-state index contributed by atoms with van der Waals surface area (Å²) in [4.78, 5) is 14.2. The molecular weight excluding hydrogens is 238 g/mol. The van der Waals surface area contributed by atoms with Gasteiger partial charge in [0.05, 0.1) is 0 Å². The normalized spacial score (nSPS) is 12.4. The Morgan fingerprint density at radius 1 is 1.32 bits per heavy atom. The molecule has 19 heavy (non-hydrogen) atoms. The lowest BCUT2D eigenvalue weighted by atomic mass is 10.2. The second-order valence-corrected chi connectivity index (χ2v) is 4.81. The van der Waals surface area contributed by atoms with Crippen molar-refractivity contribution in [1.29, 1.82) is 0 Å². The Labute approximate surface area is 116 Å². The second-order valence-electron chi connectivity index (χ2n) is 4.81. The zero-order valence-corrected chi connectivity index (χ0v) is 12.1. The average molecular weight is 263 g/mol. The number of rotatable bonds is 7. The number of hydrogen-bond acceptors (Lipinski definition) is 3. The smallest absolute Gasteiger partial charge is 0.225 e. The predicted molar refractivity (Wildman–Crippen MR) is 81.1 cm³/mol. The van der Waals surface area contributed by atoms with Crippen LogP contribution in [-0.4, -0.2) is 29.9 Å². The van der Waals surface area contributed by atoms with E-state index in [1.54, 1.807) is 12.1 Å². The molecule has 1 unspecified atom stereocenters. The molecule has 0 aromatic heterocycles. The first-order chi connectivity index (χ1) is 9.06. The third-order valence-corrected chi connectivity index (χ3v) is 3.44. The lowest BCUT2D eigenvalue weighted by Crippen LogP contribution is -2.35. The predicted octanol–water partition coefficient (Wildman–Crippen LogP) is 2.72. The minimum atomic E-state index is 0.0477. The van der Waals surface area contributed by atoms with Crippen molar-refractivity contribution in [3.05, 3.63) is 24.3 Å². The molecule has 106 valence electrons. The largest absolute Gasteiger partial charge is 0.399 e. The molecule has 0 aliphatic rings. The number of benzene rings is 1. The molecule has 1 aromatic carbocycles. The van der Waals surface area contributed by atoms with Crippen LogP contribution in [0.1, 0.15) is 33.6 Å². The van der Waals surface area contributed by atoms with Crippen LogP contribution in [0.2, 0.25) is 0 Å². The van der Waals surface area contributed by atoms with Gasteiger partial charge < -0.3 is 16.0 Å². The van der Waals surface area contributed by atoms with Gasteiger partial charge in [-0.15, -0.1) is 0 Å². The highest BCUT2D eigenvalue weighted by atomic mass is 16.1. The molecule has 4 heteroatoms. The molecule has 1 amide bonds. The molecule has 0 aliphatic heterocycles. The van der Waals surface area contributed by atoms with Crippen molar-refractivity contribution >= 4 is 17.3 Å². The van der Waals surface area contributed by atoms with Gasteiger partial charge in [-0.05, 0) is 44.2 Å². The highest BCUT2D eigenvalue weighted by Gasteiger charge is 2.11. The zero-order chi connectivity index (χ0) is 14.3. The van der Waals surface area contributed by atoms with Gasteiger partial charge in [0.1, 0.15) is 0 Å². The van der Waals surface area contributed by atoms with Crippen LogP contribution in [0.5, 0.6) is 0 Å². The molecule has 0 bridgehead atoms. The van der Waals surface area contributed by atoms with Crippen molar-refractivity contribution in [2.75, 3.05) is 24.1 Å². The maximum Gasteiger partial charge on any atom is 0.225 e. The summed E-state index contributed by atoms with van der Waals surface area (Å²) >= 11 is 0. The number of nitrogens with one attached hydrogen (secondary N) is 1.